The van der Waals surface area contributed by atoms with Crippen molar-refractivity contribution in [1.82, 2.24) is 9.73 Å². The van der Waals surface area contributed by atoms with Crippen molar-refractivity contribution < 1.29 is 13.2 Å². The van der Waals surface area contributed by atoms with E-state index in [-0.39, 0.29) is 4.90 Å². The van der Waals surface area contributed by atoms with Crippen molar-refractivity contribution in [3.8, 4) is 0 Å². The van der Waals surface area contributed by atoms with Gasteiger partial charge in [0.05, 0.1) is 24.3 Å². The lowest BCUT2D eigenvalue weighted by Crippen LogP contribution is -2.36. The molecule has 2 aromatic rings. The summed E-state index contributed by atoms with van der Waals surface area (Å²) in [6, 6.07) is 17.0. The molecule has 0 unspecified atom stereocenters. The Balaban J connectivity index is 1.58. The van der Waals surface area contributed by atoms with Gasteiger partial charge >= 0.3 is 0 Å². The summed E-state index contributed by atoms with van der Waals surface area (Å²) in [4.78, 5) is 7.22. The van der Waals surface area contributed by atoms with E-state index in [1.54, 1.807) is 36.5 Å². The summed E-state index contributed by atoms with van der Waals surface area (Å²) in [5.74, 6) is 0. The van der Waals surface area contributed by atoms with Gasteiger partial charge in [-0.05, 0) is 73.7 Å². The number of anilines is 1. The van der Waals surface area contributed by atoms with Crippen molar-refractivity contribution >= 4 is 28.0 Å². The van der Waals surface area contributed by atoms with Crippen molar-refractivity contribution in [2.24, 2.45) is 5.10 Å². The molecule has 35 heavy (non-hydrogen) atoms. The van der Waals surface area contributed by atoms with Crippen molar-refractivity contribution in [2.45, 2.75) is 31.6 Å². The average molecular weight is 495 g/mol. The van der Waals surface area contributed by atoms with Crippen molar-refractivity contribution in [1.29, 1.82) is 0 Å². The molecule has 7 nitrogen and oxygen atoms in total. The van der Waals surface area contributed by atoms with E-state index in [1.165, 1.54) is 11.3 Å². The first-order valence-corrected chi connectivity index (χ1v) is 13.7. The molecule has 8 heteroatoms. The van der Waals surface area contributed by atoms with Gasteiger partial charge in [0.15, 0.2) is 0 Å². The molecule has 1 aliphatic heterocycles. The Morgan fingerprint density at radius 1 is 1.00 bits per heavy atom. The normalized spacial score (nSPS) is 18.0. The Labute approximate surface area is 208 Å². The van der Waals surface area contributed by atoms with E-state index in [4.69, 9.17) is 4.74 Å². The second-order valence-corrected chi connectivity index (χ2v) is 10.2. The van der Waals surface area contributed by atoms with Crippen LogP contribution >= 0.6 is 0 Å². The van der Waals surface area contributed by atoms with E-state index in [2.05, 4.69) is 63.9 Å². The van der Waals surface area contributed by atoms with E-state index >= 15 is 0 Å². The number of sulfonamides is 1. The molecule has 1 N–H and O–H groups in total. The largest absolute Gasteiger partial charge is 0.378 e. The molecule has 0 amide bonds. The smallest absolute Gasteiger partial charge is 0.276 e. The Morgan fingerprint density at radius 3 is 2.34 bits per heavy atom. The molecule has 2 aromatic carbocycles. The maximum atomic E-state index is 12.5. The Kier molecular flexibility index (Phi) is 8.25. The van der Waals surface area contributed by atoms with E-state index in [0.717, 1.165) is 55.9 Å². The minimum absolute atomic E-state index is 0.194. The first-order chi connectivity index (χ1) is 17.0. The highest BCUT2D eigenvalue weighted by Crippen LogP contribution is 2.35. The molecule has 2 aliphatic rings. The Hall–Kier alpha value is -3.10. The van der Waals surface area contributed by atoms with Gasteiger partial charge in [0, 0.05) is 37.6 Å². The third-order valence-electron chi connectivity index (χ3n) is 6.41. The predicted octanol–water partition coefficient (Wildman–Crippen LogP) is 4.26. The molecule has 0 bridgehead atoms. The van der Waals surface area contributed by atoms with Gasteiger partial charge < -0.3 is 14.5 Å². The van der Waals surface area contributed by atoms with Gasteiger partial charge in [-0.25, -0.2) is 4.83 Å². The maximum Gasteiger partial charge on any atom is 0.276 e. The van der Waals surface area contributed by atoms with Gasteiger partial charge in [0.25, 0.3) is 10.0 Å². The maximum absolute atomic E-state index is 12.5. The van der Waals surface area contributed by atoms with Crippen LogP contribution in [0.1, 0.15) is 32.3 Å². The number of ether oxygens (including phenoxy) is 1. The lowest BCUT2D eigenvalue weighted by atomic mass is 10.1. The van der Waals surface area contributed by atoms with Gasteiger partial charge in [0.1, 0.15) is 0 Å². The van der Waals surface area contributed by atoms with Crippen LogP contribution in [0.15, 0.2) is 81.4 Å². The molecule has 0 saturated carbocycles. The topological polar surface area (TPSA) is 74.2 Å². The highest BCUT2D eigenvalue weighted by Gasteiger charge is 2.25. The molecule has 1 heterocycles. The van der Waals surface area contributed by atoms with Crippen LogP contribution in [-0.2, 0) is 14.8 Å². The van der Waals surface area contributed by atoms with Crippen LogP contribution in [0.4, 0.5) is 5.69 Å². The van der Waals surface area contributed by atoms with Crippen molar-refractivity contribution in [3.63, 3.8) is 0 Å². The highest BCUT2D eigenvalue weighted by atomic mass is 32.2. The number of nitrogens with one attached hydrogen (secondary N) is 1. The Bertz CT molecular complexity index is 1180. The van der Waals surface area contributed by atoms with Crippen LogP contribution in [0.5, 0.6) is 0 Å². The number of rotatable bonds is 9. The molecular formula is C27H34N4O3S. The number of nitrogens with zero attached hydrogens (tertiary/aromatic N) is 3. The van der Waals surface area contributed by atoms with Crippen LogP contribution in [-0.4, -0.2) is 58.9 Å². The average Bonchev–Trinajstić information content (AvgIpc) is 3.28. The molecule has 186 valence electrons. The molecular weight excluding hydrogens is 460 g/mol. The predicted molar refractivity (Wildman–Crippen MR) is 142 cm³/mol. The van der Waals surface area contributed by atoms with E-state index in [1.807, 2.05) is 0 Å². The zero-order chi connectivity index (χ0) is 24.7. The van der Waals surface area contributed by atoms with Crippen LogP contribution in [0.2, 0.25) is 0 Å². The quantitative estimate of drug-likeness (QED) is 0.417. The molecule has 0 radical (unpaired) electrons. The number of benzene rings is 2. The molecule has 0 aromatic heterocycles. The summed E-state index contributed by atoms with van der Waals surface area (Å²) in [6.45, 7) is 9.28. The summed E-state index contributed by atoms with van der Waals surface area (Å²) in [5, 5.41) is 4.13. The number of hydrazone groups is 1. The fraction of sp³-hybridized carbons (Fsp3) is 0.370. The second-order valence-electron chi connectivity index (χ2n) is 8.57. The third kappa shape index (κ3) is 6.13. The van der Waals surface area contributed by atoms with Gasteiger partial charge in [-0.3, -0.25) is 0 Å². The van der Waals surface area contributed by atoms with Gasteiger partial charge in [0.2, 0.25) is 0 Å². The highest BCUT2D eigenvalue weighted by molar-refractivity contribution is 7.89. The molecule has 1 saturated heterocycles. The zero-order valence-electron chi connectivity index (χ0n) is 20.5. The van der Waals surface area contributed by atoms with Crippen LogP contribution in [0.25, 0.3) is 6.08 Å². The third-order valence-corrected chi connectivity index (χ3v) is 7.65. The molecule has 0 atom stereocenters. The first-order valence-electron chi connectivity index (χ1n) is 12.2. The zero-order valence-corrected chi connectivity index (χ0v) is 21.3. The van der Waals surface area contributed by atoms with Crippen LogP contribution in [0.3, 0.4) is 0 Å². The summed E-state index contributed by atoms with van der Waals surface area (Å²) >= 11 is 0. The monoisotopic (exact) mass is 494 g/mol. The number of hydrogen-bond donors (Lipinski definition) is 1. The van der Waals surface area contributed by atoms with Gasteiger partial charge in [-0.2, -0.15) is 13.5 Å². The summed E-state index contributed by atoms with van der Waals surface area (Å²) < 4.78 is 30.6. The summed E-state index contributed by atoms with van der Waals surface area (Å²) in [6.07, 6.45) is 5.60. The molecule has 4 rings (SSSR count). The number of morpholine rings is 1. The number of allylic oxidation sites excluding steroid dienone is 2. The summed E-state index contributed by atoms with van der Waals surface area (Å²) in [7, 11) is -3.69. The first kappa shape index (κ1) is 25.0. The minimum atomic E-state index is -3.69. The van der Waals surface area contributed by atoms with Crippen LogP contribution < -0.4 is 9.73 Å². The van der Waals surface area contributed by atoms with Crippen LogP contribution in [0, 0.1) is 0 Å². The minimum Gasteiger partial charge on any atom is -0.378 e. The molecule has 0 spiro atoms. The fourth-order valence-electron chi connectivity index (χ4n) is 4.57. The lowest BCUT2D eigenvalue weighted by Gasteiger charge is -2.31. The molecule has 1 aliphatic carbocycles. The van der Waals surface area contributed by atoms with E-state index in [0.29, 0.717) is 13.2 Å². The SMILES string of the molecule is CCN(CC)c1ccc(/C=C2\CCC(/C=N/NS(=O)(=O)c3ccccc3)=C2N2CCOCC2)cc1. The lowest BCUT2D eigenvalue weighted by molar-refractivity contribution is 0.0548. The Morgan fingerprint density at radius 2 is 1.69 bits per heavy atom. The standard InChI is InChI=1S/C27H34N4O3S/c1-3-30(4-2)25-14-10-22(11-15-25)20-23-12-13-24(27(23)31-16-18-34-19-17-31)21-28-29-35(32,33)26-8-6-5-7-9-26/h5-11,14-15,20-21,29H,3-4,12-13,16-19H2,1-2H3/b23-20+,28-21+. The van der Waals surface area contributed by atoms with Gasteiger partial charge in [-0.15, -0.1) is 0 Å². The van der Waals surface area contributed by atoms with E-state index < -0.39 is 10.0 Å². The molecule has 1 fully saturated rings. The fourth-order valence-corrected chi connectivity index (χ4v) is 5.38. The second kappa shape index (κ2) is 11.6. The van der Waals surface area contributed by atoms with Crippen molar-refractivity contribution in [2.75, 3.05) is 44.3 Å². The van der Waals surface area contributed by atoms with Gasteiger partial charge in [-0.1, -0.05) is 30.3 Å². The van der Waals surface area contributed by atoms with Crippen molar-refractivity contribution in [3.05, 3.63) is 77.0 Å². The number of hydrogen-bond acceptors (Lipinski definition) is 6. The summed E-state index contributed by atoms with van der Waals surface area (Å²) in [5.41, 5.74) is 5.81. The van der Waals surface area contributed by atoms with E-state index in [9.17, 15) is 8.42 Å².